The zero-order valence-corrected chi connectivity index (χ0v) is 44.3. The van der Waals surface area contributed by atoms with Crippen molar-refractivity contribution in [3.05, 3.63) is 254 Å². The molecule has 1 spiro atoms. The number of fused-ring (bicyclic) bond motifs is 10. The predicted octanol–water partition coefficient (Wildman–Crippen LogP) is 20.7. The van der Waals surface area contributed by atoms with Crippen LogP contribution in [0.25, 0.3) is 143 Å². The van der Waals surface area contributed by atoms with Crippen LogP contribution in [0.1, 0.15) is 43.2 Å². The summed E-state index contributed by atoms with van der Waals surface area (Å²) < 4.78 is 5.01. The van der Waals surface area contributed by atoms with E-state index in [0.29, 0.717) is 0 Å². The number of hydrogen-bond donors (Lipinski definition) is 0. The Labute approximate surface area is 464 Å². The van der Waals surface area contributed by atoms with Crippen LogP contribution < -0.4 is 0 Å². The van der Waals surface area contributed by atoms with Crippen molar-refractivity contribution in [3.8, 4) is 55.9 Å². The van der Waals surface area contributed by atoms with Gasteiger partial charge in [-0.2, -0.15) is 0 Å². The van der Waals surface area contributed by atoms with E-state index in [9.17, 15) is 0 Å². The molecule has 15 aromatic rings. The molecule has 2 aromatic heterocycles. The van der Waals surface area contributed by atoms with E-state index in [2.05, 4.69) is 252 Å². The second-order valence-corrected chi connectivity index (χ2v) is 24.4. The molecule has 4 bridgehead atoms. The minimum atomic E-state index is 0.158. The Balaban J connectivity index is 0.737. The number of nitrogens with zero attached hydrogens (tertiary/aromatic N) is 2. The maximum absolute atomic E-state index is 2.65. The molecule has 5 aliphatic carbocycles. The van der Waals surface area contributed by atoms with Gasteiger partial charge in [0.1, 0.15) is 0 Å². The molecule has 80 heavy (non-hydrogen) atoms. The SMILES string of the molecule is c1ccc(-c2ccc(-n3c4ccccc4c4ccc(-c5ccc6c7ccccc7n(-c7cc8ccc9cc(-c%10ccc%11c(c%10)C%10(c%12ccccc%12-%11)C%11CC%12CC(C%11)CC%10C%12)cc%10ccc(c7)c8c9%10)c6c5)cc43)c3ccccc23)cc1. The number of benzene rings is 13. The van der Waals surface area contributed by atoms with Crippen LogP contribution in [0.4, 0.5) is 0 Å². The van der Waals surface area contributed by atoms with E-state index >= 15 is 0 Å². The van der Waals surface area contributed by atoms with Crippen LogP contribution in [-0.4, -0.2) is 9.13 Å². The van der Waals surface area contributed by atoms with E-state index in [-0.39, 0.29) is 5.41 Å². The standard InChI is InChI=1S/C78H54N2/c1-2-12-48(13-3-1)60-32-33-73(64-16-5-4-14-61(60)64)80-72-21-11-8-18-66(72)68-31-28-51(45-75(68)80)50-27-30-67-65-17-7-10-20-71(65)79(74(67)44-50)59-41-54-24-22-52-39-56(40-53-23-25-55(42-59)77(54)76(52)53)49-26-29-63-62-15-6-9-19-69(62)78(70(63)43-49)57-35-46-34-47(37-57)38-58(78)36-46/h1-33,39-47,57-58H,34-38H2. The lowest BCUT2D eigenvalue weighted by atomic mass is 9.43. The molecule has 0 amide bonds. The summed E-state index contributed by atoms with van der Waals surface area (Å²) in [6, 6.07) is 92.8. The van der Waals surface area contributed by atoms with Crippen LogP contribution >= 0.6 is 0 Å². The van der Waals surface area contributed by atoms with Crippen LogP contribution in [0, 0.1) is 23.7 Å². The number of aromatic nitrogens is 2. The Morgan fingerprint density at radius 1 is 0.287 bits per heavy atom. The van der Waals surface area contributed by atoms with Crippen LogP contribution in [0.5, 0.6) is 0 Å². The van der Waals surface area contributed by atoms with Crippen molar-refractivity contribution in [1.29, 1.82) is 0 Å². The van der Waals surface area contributed by atoms with Crippen LogP contribution in [-0.2, 0) is 5.41 Å². The molecule has 2 nitrogen and oxygen atoms in total. The van der Waals surface area contributed by atoms with Crippen molar-refractivity contribution < 1.29 is 0 Å². The topological polar surface area (TPSA) is 9.86 Å². The van der Waals surface area contributed by atoms with Gasteiger partial charge in [-0.25, -0.2) is 0 Å². The van der Waals surface area contributed by atoms with Crippen LogP contribution in [0.2, 0.25) is 0 Å². The summed E-state index contributed by atoms with van der Waals surface area (Å²) in [5.41, 5.74) is 21.1. The van der Waals surface area contributed by atoms with Gasteiger partial charge in [0.15, 0.2) is 0 Å². The Kier molecular flexibility index (Phi) is 8.72. The highest BCUT2D eigenvalue weighted by atomic mass is 15.0. The largest absolute Gasteiger partial charge is 0.309 e. The highest BCUT2D eigenvalue weighted by molar-refractivity contribution is 6.25. The van der Waals surface area contributed by atoms with Crippen molar-refractivity contribution >= 4 is 86.7 Å². The Morgan fingerprint density at radius 3 is 1.44 bits per heavy atom. The molecule has 0 saturated heterocycles. The predicted molar refractivity (Wildman–Crippen MR) is 336 cm³/mol. The summed E-state index contributed by atoms with van der Waals surface area (Å²) in [6.45, 7) is 0. The summed E-state index contributed by atoms with van der Waals surface area (Å²) in [5.74, 6) is 3.37. The summed E-state index contributed by atoms with van der Waals surface area (Å²) in [4.78, 5) is 0. The van der Waals surface area contributed by atoms with Gasteiger partial charge in [-0.05, 0) is 210 Å². The average Bonchev–Trinajstić information content (AvgIpc) is 4.31. The zero-order valence-electron chi connectivity index (χ0n) is 44.3. The fraction of sp³-hybridized carbons (Fsp3) is 0.128. The molecule has 0 atom stereocenters. The molecule has 13 aromatic carbocycles. The maximum atomic E-state index is 2.65. The molecule has 0 unspecified atom stereocenters. The van der Waals surface area contributed by atoms with Crippen molar-refractivity contribution in [2.45, 2.75) is 37.5 Å². The van der Waals surface area contributed by atoms with E-state index in [1.807, 2.05) is 0 Å². The van der Waals surface area contributed by atoms with Gasteiger partial charge in [-0.3, -0.25) is 0 Å². The second-order valence-electron chi connectivity index (χ2n) is 24.4. The lowest BCUT2D eigenvalue weighted by molar-refractivity contribution is -0.0399. The third-order valence-electron chi connectivity index (χ3n) is 20.6. The fourth-order valence-electron chi connectivity index (χ4n) is 17.6. The number of rotatable bonds is 5. The molecule has 4 fully saturated rings. The summed E-state index contributed by atoms with van der Waals surface area (Å²) in [6.07, 6.45) is 7.08. The molecular weight excluding hydrogens is 965 g/mol. The molecule has 4 saturated carbocycles. The third kappa shape index (κ3) is 5.83. The monoisotopic (exact) mass is 1020 g/mol. The van der Waals surface area contributed by atoms with E-state index < -0.39 is 0 Å². The van der Waals surface area contributed by atoms with Gasteiger partial charge in [0, 0.05) is 38.0 Å². The highest BCUT2D eigenvalue weighted by Gasteiger charge is 2.61. The van der Waals surface area contributed by atoms with E-state index in [1.165, 1.54) is 175 Å². The first kappa shape index (κ1) is 43.7. The quantitative estimate of drug-likeness (QED) is 0.152. The van der Waals surface area contributed by atoms with Crippen LogP contribution in [0.15, 0.2) is 243 Å². The second kappa shape index (κ2) is 16.0. The summed E-state index contributed by atoms with van der Waals surface area (Å²) >= 11 is 0. The molecule has 376 valence electrons. The van der Waals surface area contributed by atoms with Crippen molar-refractivity contribution in [3.63, 3.8) is 0 Å². The summed E-state index contributed by atoms with van der Waals surface area (Å²) in [7, 11) is 0. The molecule has 0 aliphatic heterocycles. The molecular formula is C78H54N2. The molecule has 0 radical (unpaired) electrons. The smallest absolute Gasteiger partial charge is 0.0547 e. The Bertz CT molecular complexity index is 5050. The van der Waals surface area contributed by atoms with E-state index in [1.54, 1.807) is 11.1 Å². The third-order valence-corrected chi connectivity index (χ3v) is 20.6. The van der Waals surface area contributed by atoms with Crippen molar-refractivity contribution in [2.24, 2.45) is 23.7 Å². The van der Waals surface area contributed by atoms with Gasteiger partial charge >= 0.3 is 0 Å². The number of para-hydroxylation sites is 2. The average molecular weight is 1020 g/mol. The highest BCUT2D eigenvalue weighted by Crippen LogP contribution is 2.69. The first-order valence-electron chi connectivity index (χ1n) is 29.2. The van der Waals surface area contributed by atoms with Gasteiger partial charge in [0.05, 0.1) is 27.8 Å². The minimum Gasteiger partial charge on any atom is -0.309 e. The lowest BCUT2D eigenvalue weighted by Gasteiger charge is -2.61. The van der Waals surface area contributed by atoms with Gasteiger partial charge in [-0.1, -0.05) is 182 Å². The summed E-state index contributed by atoms with van der Waals surface area (Å²) in [5, 5.41) is 15.4. The van der Waals surface area contributed by atoms with Gasteiger partial charge in [-0.15, -0.1) is 0 Å². The zero-order chi connectivity index (χ0) is 51.9. The Morgan fingerprint density at radius 2 is 0.775 bits per heavy atom. The van der Waals surface area contributed by atoms with Crippen LogP contribution in [0.3, 0.4) is 0 Å². The molecule has 0 N–H and O–H groups in total. The lowest BCUT2D eigenvalue weighted by Crippen LogP contribution is -2.55. The van der Waals surface area contributed by atoms with Crippen molar-refractivity contribution in [2.75, 3.05) is 0 Å². The van der Waals surface area contributed by atoms with E-state index in [0.717, 1.165) is 23.7 Å². The van der Waals surface area contributed by atoms with Gasteiger partial charge in [0.2, 0.25) is 0 Å². The minimum absolute atomic E-state index is 0.158. The normalized spacial score (nSPS) is 20.1. The first-order chi connectivity index (χ1) is 39.6. The maximum Gasteiger partial charge on any atom is 0.0547 e. The van der Waals surface area contributed by atoms with Gasteiger partial charge < -0.3 is 9.13 Å². The van der Waals surface area contributed by atoms with Crippen molar-refractivity contribution in [1.82, 2.24) is 9.13 Å². The van der Waals surface area contributed by atoms with E-state index in [4.69, 9.17) is 0 Å². The molecule has 20 rings (SSSR count). The van der Waals surface area contributed by atoms with Gasteiger partial charge in [0.25, 0.3) is 0 Å². The molecule has 2 heterocycles. The number of hydrogen-bond acceptors (Lipinski definition) is 0. The first-order valence-corrected chi connectivity index (χ1v) is 29.2. The molecule has 2 heteroatoms. The Hall–Kier alpha value is -9.24. The molecule has 5 aliphatic rings. The fourth-order valence-corrected chi connectivity index (χ4v) is 17.6.